The van der Waals surface area contributed by atoms with Gasteiger partial charge in [-0.05, 0) is 5.92 Å². The van der Waals surface area contributed by atoms with E-state index in [0.29, 0.717) is 0 Å². The summed E-state index contributed by atoms with van der Waals surface area (Å²) < 4.78 is 2.13. The van der Waals surface area contributed by atoms with Crippen LogP contribution < -0.4 is 0 Å². The molecule has 0 spiro atoms. The van der Waals surface area contributed by atoms with E-state index in [1.54, 1.807) is 0 Å². The number of nitrogens with zero attached hydrogens (tertiary/aromatic N) is 3. The molecule has 84 valence electrons. The van der Waals surface area contributed by atoms with Crippen molar-refractivity contribution >= 4 is 15.9 Å². The molecule has 0 aromatic carbocycles. The van der Waals surface area contributed by atoms with Gasteiger partial charge in [-0.15, -0.1) is 10.2 Å². The highest BCUT2D eigenvalue weighted by Crippen LogP contribution is 2.26. The van der Waals surface area contributed by atoms with Crippen LogP contribution in [0.15, 0.2) is 0 Å². The molecular formula is C11H18BrN3. The average Bonchev–Trinajstić information content (AvgIpc) is 2.62. The molecule has 0 unspecified atom stereocenters. The fraction of sp³-hybridized carbons (Fsp3) is 0.818. The van der Waals surface area contributed by atoms with Crippen LogP contribution in [-0.4, -0.2) is 14.8 Å². The molecule has 3 nitrogen and oxygen atoms in total. The number of halogens is 1. The molecule has 15 heavy (non-hydrogen) atoms. The minimum atomic E-state index is 0.793. The third-order valence-electron chi connectivity index (χ3n) is 3.37. The maximum absolute atomic E-state index is 4.26. The van der Waals surface area contributed by atoms with Crippen LogP contribution in [0.4, 0.5) is 0 Å². The zero-order chi connectivity index (χ0) is 10.7. The van der Waals surface area contributed by atoms with Gasteiger partial charge < -0.3 is 4.57 Å². The molecule has 0 radical (unpaired) electrons. The minimum absolute atomic E-state index is 0.793. The highest BCUT2D eigenvalue weighted by Gasteiger charge is 2.17. The van der Waals surface area contributed by atoms with Gasteiger partial charge in [-0.25, -0.2) is 0 Å². The summed E-state index contributed by atoms with van der Waals surface area (Å²) in [7, 11) is 2.06. The van der Waals surface area contributed by atoms with E-state index in [0.717, 1.165) is 29.3 Å². The number of alkyl halides is 1. The molecular weight excluding hydrogens is 254 g/mol. The van der Waals surface area contributed by atoms with Gasteiger partial charge in [-0.2, -0.15) is 0 Å². The molecule has 0 amide bonds. The summed E-state index contributed by atoms with van der Waals surface area (Å²) in [5.41, 5.74) is 0. The molecule has 1 aromatic heterocycles. The molecule has 1 fully saturated rings. The second-order valence-electron chi connectivity index (χ2n) is 4.43. The summed E-state index contributed by atoms with van der Waals surface area (Å²) in [6.45, 7) is 0. The lowest BCUT2D eigenvalue weighted by Crippen LogP contribution is -2.12. The molecule has 2 rings (SSSR count). The topological polar surface area (TPSA) is 30.7 Å². The van der Waals surface area contributed by atoms with E-state index in [-0.39, 0.29) is 0 Å². The highest BCUT2D eigenvalue weighted by molar-refractivity contribution is 9.08. The summed E-state index contributed by atoms with van der Waals surface area (Å²) in [5.74, 6) is 3.02. The van der Waals surface area contributed by atoms with Gasteiger partial charge in [-0.3, -0.25) is 0 Å². The first-order chi connectivity index (χ1) is 7.31. The molecule has 0 aliphatic heterocycles. The fourth-order valence-electron chi connectivity index (χ4n) is 2.34. The van der Waals surface area contributed by atoms with Crippen molar-refractivity contribution in [3.8, 4) is 0 Å². The highest BCUT2D eigenvalue weighted by atomic mass is 79.9. The summed E-state index contributed by atoms with van der Waals surface area (Å²) >= 11 is 3.42. The summed E-state index contributed by atoms with van der Waals surface area (Å²) in [6.07, 6.45) is 8.06. The van der Waals surface area contributed by atoms with Crippen molar-refractivity contribution in [1.29, 1.82) is 0 Å². The molecule has 0 saturated heterocycles. The van der Waals surface area contributed by atoms with Gasteiger partial charge in [0.1, 0.15) is 11.6 Å². The molecule has 1 saturated carbocycles. The Hall–Kier alpha value is -0.380. The van der Waals surface area contributed by atoms with Crippen molar-refractivity contribution < 1.29 is 0 Å². The van der Waals surface area contributed by atoms with Gasteiger partial charge in [0.05, 0.1) is 5.33 Å². The van der Waals surface area contributed by atoms with Gasteiger partial charge in [-0.1, -0.05) is 48.0 Å². The van der Waals surface area contributed by atoms with Crippen LogP contribution in [0.3, 0.4) is 0 Å². The molecule has 4 heteroatoms. The van der Waals surface area contributed by atoms with Gasteiger partial charge in [0.15, 0.2) is 0 Å². The van der Waals surface area contributed by atoms with Crippen LogP contribution in [0.2, 0.25) is 0 Å². The quantitative estimate of drug-likeness (QED) is 0.792. The standard InChI is InChI=1S/C11H18BrN3/c1-15-10(13-14-11(15)8-12)7-9-5-3-2-4-6-9/h9H,2-8H2,1H3. The SMILES string of the molecule is Cn1c(CBr)nnc1CC1CCCCC1. The van der Waals surface area contributed by atoms with Gasteiger partial charge in [0.25, 0.3) is 0 Å². The monoisotopic (exact) mass is 271 g/mol. The number of hydrogen-bond donors (Lipinski definition) is 0. The van der Waals surface area contributed by atoms with Crippen molar-refractivity contribution in [3.05, 3.63) is 11.6 Å². The molecule has 1 heterocycles. The molecule has 1 aromatic rings. The second-order valence-corrected chi connectivity index (χ2v) is 4.99. The van der Waals surface area contributed by atoms with Gasteiger partial charge >= 0.3 is 0 Å². The van der Waals surface area contributed by atoms with E-state index < -0.39 is 0 Å². The first-order valence-electron chi connectivity index (χ1n) is 5.74. The van der Waals surface area contributed by atoms with Crippen molar-refractivity contribution in [1.82, 2.24) is 14.8 Å². The largest absolute Gasteiger partial charge is 0.317 e. The summed E-state index contributed by atoms with van der Waals surface area (Å²) in [6, 6.07) is 0. The van der Waals surface area contributed by atoms with Crippen LogP contribution >= 0.6 is 15.9 Å². The Morgan fingerprint density at radius 1 is 1.20 bits per heavy atom. The molecule has 1 aliphatic carbocycles. The Labute approximate surface area is 99.4 Å². The van der Waals surface area contributed by atoms with Crippen molar-refractivity contribution in [2.45, 2.75) is 43.9 Å². The summed E-state index contributed by atoms with van der Waals surface area (Å²) in [4.78, 5) is 0. The predicted molar refractivity (Wildman–Crippen MR) is 63.9 cm³/mol. The van der Waals surface area contributed by atoms with E-state index in [2.05, 4.69) is 37.7 Å². The number of hydrogen-bond acceptors (Lipinski definition) is 2. The Kier molecular flexibility index (Phi) is 3.78. The first kappa shape index (κ1) is 11.1. The van der Waals surface area contributed by atoms with Crippen molar-refractivity contribution in [2.75, 3.05) is 0 Å². The Balaban J connectivity index is 2.00. The molecule has 0 N–H and O–H groups in total. The maximum atomic E-state index is 4.26. The van der Waals surface area contributed by atoms with Gasteiger partial charge in [0.2, 0.25) is 0 Å². The van der Waals surface area contributed by atoms with E-state index in [4.69, 9.17) is 0 Å². The Morgan fingerprint density at radius 3 is 2.47 bits per heavy atom. The summed E-state index contributed by atoms with van der Waals surface area (Å²) in [5, 5.41) is 9.22. The number of aromatic nitrogens is 3. The minimum Gasteiger partial charge on any atom is -0.317 e. The van der Waals surface area contributed by atoms with E-state index in [1.807, 2.05) is 0 Å². The van der Waals surface area contributed by atoms with E-state index in [1.165, 1.54) is 32.1 Å². The van der Waals surface area contributed by atoms with Crippen molar-refractivity contribution in [3.63, 3.8) is 0 Å². The lowest BCUT2D eigenvalue weighted by atomic mass is 9.87. The van der Waals surface area contributed by atoms with E-state index >= 15 is 0 Å². The zero-order valence-corrected chi connectivity index (χ0v) is 10.8. The Morgan fingerprint density at radius 2 is 1.87 bits per heavy atom. The van der Waals surface area contributed by atoms with Crippen LogP contribution in [0.25, 0.3) is 0 Å². The number of rotatable bonds is 3. The van der Waals surface area contributed by atoms with Gasteiger partial charge in [0, 0.05) is 13.5 Å². The maximum Gasteiger partial charge on any atom is 0.143 e. The Bertz CT molecular complexity index is 316. The van der Waals surface area contributed by atoms with Crippen LogP contribution in [0, 0.1) is 5.92 Å². The molecule has 0 bridgehead atoms. The smallest absolute Gasteiger partial charge is 0.143 e. The van der Waals surface area contributed by atoms with E-state index in [9.17, 15) is 0 Å². The fourth-order valence-corrected chi connectivity index (χ4v) is 2.83. The third-order valence-corrected chi connectivity index (χ3v) is 3.87. The van der Waals surface area contributed by atoms with Crippen LogP contribution in [-0.2, 0) is 18.8 Å². The third kappa shape index (κ3) is 2.60. The average molecular weight is 272 g/mol. The molecule has 1 aliphatic rings. The zero-order valence-electron chi connectivity index (χ0n) is 9.25. The normalized spacial score (nSPS) is 18.3. The molecule has 0 atom stereocenters. The predicted octanol–water partition coefficient (Wildman–Crippen LogP) is 2.83. The first-order valence-corrected chi connectivity index (χ1v) is 6.86. The van der Waals surface area contributed by atoms with Crippen LogP contribution in [0.5, 0.6) is 0 Å². The van der Waals surface area contributed by atoms with Crippen molar-refractivity contribution in [2.24, 2.45) is 13.0 Å². The second kappa shape index (κ2) is 5.10. The van der Waals surface area contributed by atoms with Crippen LogP contribution in [0.1, 0.15) is 43.8 Å². The lowest BCUT2D eigenvalue weighted by molar-refractivity contribution is 0.349. The lowest BCUT2D eigenvalue weighted by Gasteiger charge is -2.20.